The van der Waals surface area contributed by atoms with Crippen LogP contribution in [0.25, 0.3) is 0 Å². The number of amides is 1. The van der Waals surface area contributed by atoms with Gasteiger partial charge < -0.3 is 19.7 Å². The number of H-pyrrole nitrogens is 1. The summed E-state index contributed by atoms with van der Waals surface area (Å²) in [5, 5.41) is 9.38. The standard InChI is InChI=1S/C14H21N3O3/c1-17(9-7-10(18)8-9)14(19)11-3-2-6-20-12(11)13-15-4-5-16-13/h4-5,9-12,18H,2-3,6-8H2,1H3,(H,15,16)/t9?,10?,11-,12-/m1/s1. The molecule has 1 saturated heterocycles. The van der Waals surface area contributed by atoms with Gasteiger partial charge in [-0.1, -0.05) is 0 Å². The molecule has 6 nitrogen and oxygen atoms in total. The topological polar surface area (TPSA) is 78.5 Å². The second-order valence-corrected chi connectivity index (χ2v) is 5.74. The van der Waals surface area contributed by atoms with Gasteiger partial charge in [0.1, 0.15) is 11.9 Å². The first-order valence-corrected chi connectivity index (χ1v) is 7.22. The predicted octanol–water partition coefficient (Wildman–Crippen LogP) is 0.859. The van der Waals surface area contributed by atoms with Crippen molar-refractivity contribution in [3.8, 4) is 0 Å². The lowest BCUT2D eigenvalue weighted by Gasteiger charge is -2.41. The van der Waals surface area contributed by atoms with E-state index in [1.807, 2.05) is 7.05 Å². The molecule has 0 radical (unpaired) electrons. The molecule has 1 aliphatic carbocycles. The van der Waals surface area contributed by atoms with Crippen molar-refractivity contribution < 1.29 is 14.6 Å². The number of aromatic amines is 1. The number of hydrogen-bond acceptors (Lipinski definition) is 4. The molecule has 0 bridgehead atoms. The largest absolute Gasteiger partial charge is 0.393 e. The average molecular weight is 279 g/mol. The minimum absolute atomic E-state index is 0.100. The van der Waals surface area contributed by atoms with Crippen LogP contribution in [0.3, 0.4) is 0 Å². The van der Waals surface area contributed by atoms with Crippen LogP contribution >= 0.6 is 0 Å². The number of aromatic nitrogens is 2. The summed E-state index contributed by atoms with van der Waals surface area (Å²) in [6.45, 7) is 0.668. The van der Waals surface area contributed by atoms with Crippen molar-refractivity contribution in [3.63, 3.8) is 0 Å². The third-order valence-electron chi connectivity index (χ3n) is 4.41. The summed E-state index contributed by atoms with van der Waals surface area (Å²) in [5.41, 5.74) is 0. The van der Waals surface area contributed by atoms with Gasteiger partial charge in [-0.25, -0.2) is 4.98 Å². The van der Waals surface area contributed by atoms with Gasteiger partial charge in [-0.15, -0.1) is 0 Å². The number of nitrogens with zero attached hydrogens (tertiary/aromatic N) is 2. The zero-order valence-electron chi connectivity index (χ0n) is 11.7. The Balaban J connectivity index is 1.71. The number of carbonyl (C=O) groups is 1. The lowest BCUT2D eigenvalue weighted by molar-refractivity contribution is -0.150. The Morgan fingerprint density at radius 3 is 3.00 bits per heavy atom. The monoisotopic (exact) mass is 279 g/mol. The highest BCUT2D eigenvalue weighted by molar-refractivity contribution is 5.79. The second-order valence-electron chi connectivity index (χ2n) is 5.74. The molecule has 2 N–H and O–H groups in total. The van der Waals surface area contributed by atoms with Crippen LogP contribution in [0.4, 0.5) is 0 Å². The summed E-state index contributed by atoms with van der Waals surface area (Å²) in [6, 6.07) is 0.164. The third-order valence-corrected chi connectivity index (χ3v) is 4.41. The van der Waals surface area contributed by atoms with Gasteiger partial charge in [0.15, 0.2) is 0 Å². The van der Waals surface area contributed by atoms with Crippen molar-refractivity contribution >= 4 is 5.91 Å². The van der Waals surface area contributed by atoms with E-state index >= 15 is 0 Å². The molecule has 0 spiro atoms. The van der Waals surface area contributed by atoms with E-state index in [4.69, 9.17) is 4.74 Å². The molecule has 110 valence electrons. The number of rotatable bonds is 3. The maximum absolute atomic E-state index is 12.7. The molecule has 2 atom stereocenters. The fraction of sp³-hybridized carbons (Fsp3) is 0.714. The van der Waals surface area contributed by atoms with Crippen LogP contribution in [0.5, 0.6) is 0 Å². The van der Waals surface area contributed by atoms with E-state index in [-0.39, 0.29) is 30.1 Å². The first-order valence-electron chi connectivity index (χ1n) is 7.22. The molecule has 1 aromatic rings. The molecule has 0 unspecified atom stereocenters. The van der Waals surface area contributed by atoms with Crippen LogP contribution in [0.1, 0.15) is 37.6 Å². The molecular formula is C14H21N3O3. The van der Waals surface area contributed by atoms with Crippen LogP contribution in [0, 0.1) is 5.92 Å². The molecule has 3 rings (SSSR count). The van der Waals surface area contributed by atoms with E-state index in [1.165, 1.54) is 0 Å². The Kier molecular flexibility index (Phi) is 3.76. The van der Waals surface area contributed by atoms with Crippen molar-refractivity contribution in [3.05, 3.63) is 18.2 Å². The Morgan fingerprint density at radius 1 is 1.55 bits per heavy atom. The van der Waals surface area contributed by atoms with Gasteiger partial charge in [0, 0.05) is 32.1 Å². The number of aliphatic hydroxyl groups is 1. The van der Waals surface area contributed by atoms with E-state index in [0.717, 1.165) is 18.7 Å². The van der Waals surface area contributed by atoms with E-state index in [1.54, 1.807) is 17.3 Å². The Bertz CT molecular complexity index is 456. The zero-order valence-corrected chi connectivity index (χ0v) is 11.7. The number of imidazole rings is 1. The maximum atomic E-state index is 12.7. The van der Waals surface area contributed by atoms with Crippen molar-refractivity contribution in [1.29, 1.82) is 0 Å². The van der Waals surface area contributed by atoms with Gasteiger partial charge in [-0.3, -0.25) is 4.79 Å². The van der Waals surface area contributed by atoms with Crippen molar-refractivity contribution in [2.45, 2.75) is 43.9 Å². The minimum Gasteiger partial charge on any atom is -0.393 e. The van der Waals surface area contributed by atoms with Gasteiger partial charge >= 0.3 is 0 Å². The molecule has 2 fully saturated rings. The van der Waals surface area contributed by atoms with E-state index < -0.39 is 0 Å². The van der Waals surface area contributed by atoms with Crippen molar-refractivity contribution in [1.82, 2.24) is 14.9 Å². The first-order chi connectivity index (χ1) is 9.66. The molecule has 1 aliphatic heterocycles. The molecule has 2 aliphatic rings. The fourth-order valence-corrected chi connectivity index (χ4v) is 3.05. The molecule has 1 amide bonds. The molecule has 2 heterocycles. The summed E-state index contributed by atoms with van der Waals surface area (Å²) in [4.78, 5) is 21.7. The highest BCUT2D eigenvalue weighted by Crippen LogP contribution is 2.35. The van der Waals surface area contributed by atoms with Gasteiger partial charge in [0.25, 0.3) is 0 Å². The molecule has 0 aromatic carbocycles. The van der Waals surface area contributed by atoms with Crippen LogP contribution in [0.2, 0.25) is 0 Å². The van der Waals surface area contributed by atoms with E-state index in [0.29, 0.717) is 19.4 Å². The summed E-state index contributed by atoms with van der Waals surface area (Å²) in [5.74, 6) is 0.644. The van der Waals surface area contributed by atoms with Crippen molar-refractivity contribution in [2.24, 2.45) is 5.92 Å². The van der Waals surface area contributed by atoms with Crippen molar-refractivity contribution in [2.75, 3.05) is 13.7 Å². The summed E-state index contributed by atoms with van der Waals surface area (Å²) < 4.78 is 5.77. The molecular weight excluding hydrogens is 258 g/mol. The SMILES string of the molecule is CN(C(=O)[C@@H]1CCCO[C@H]1c1ncc[nH]1)C1CC(O)C1. The lowest BCUT2D eigenvalue weighted by Crippen LogP contribution is -2.51. The predicted molar refractivity (Wildman–Crippen MR) is 71.8 cm³/mol. The van der Waals surface area contributed by atoms with Crippen LogP contribution in [0.15, 0.2) is 12.4 Å². The number of ether oxygens (including phenoxy) is 1. The normalized spacial score (nSPS) is 33.5. The van der Waals surface area contributed by atoms with Gasteiger partial charge in [-0.2, -0.15) is 0 Å². The maximum Gasteiger partial charge on any atom is 0.228 e. The number of carbonyl (C=O) groups excluding carboxylic acids is 1. The van der Waals surface area contributed by atoms with E-state index in [9.17, 15) is 9.90 Å². The Morgan fingerprint density at radius 2 is 2.35 bits per heavy atom. The summed E-state index contributed by atoms with van der Waals surface area (Å²) in [7, 11) is 1.83. The fourth-order valence-electron chi connectivity index (χ4n) is 3.05. The number of nitrogens with one attached hydrogen (secondary N) is 1. The molecule has 20 heavy (non-hydrogen) atoms. The second kappa shape index (κ2) is 5.54. The minimum atomic E-state index is -0.279. The van der Waals surface area contributed by atoms with Gasteiger partial charge in [0.2, 0.25) is 5.91 Å². The zero-order chi connectivity index (χ0) is 14.1. The molecule has 6 heteroatoms. The smallest absolute Gasteiger partial charge is 0.228 e. The van der Waals surface area contributed by atoms with Crippen LogP contribution < -0.4 is 0 Å². The Hall–Kier alpha value is -1.40. The van der Waals surface area contributed by atoms with Crippen LogP contribution in [-0.4, -0.2) is 51.7 Å². The first kappa shape index (κ1) is 13.6. The van der Waals surface area contributed by atoms with Crippen LogP contribution in [-0.2, 0) is 9.53 Å². The highest BCUT2D eigenvalue weighted by atomic mass is 16.5. The lowest BCUT2D eigenvalue weighted by atomic mass is 9.86. The van der Waals surface area contributed by atoms with E-state index in [2.05, 4.69) is 9.97 Å². The highest BCUT2D eigenvalue weighted by Gasteiger charge is 2.40. The third kappa shape index (κ3) is 2.45. The molecule has 1 aromatic heterocycles. The quantitative estimate of drug-likeness (QED) is 0.860. The average Bonchev–Trinajstić information content (AvgIpc) is 2.96. The summed E-state index contributed by atoms with van der Waals surface area (Å²) >= 11 is 0. The summed E-state index contributed by atoms with van der Waals surface area (Å²) in [6.07, 6.45) is 5.99. The van der Waals surface area contributed by atoms with Gasteiger partial charge in [-0.05, 0) is 25.7 Å². The molecule has 1 saturated carbocycles. The Labute approximate surface area is 118 Å². The van der Waals surface area contributed by atoms with Gasteiger partial charge in [0.05, 0.1) is 12.0 Å². The number of aliphatic hydroxyl groups excluding tert-OH is 1. The number of hydrogen-bond donors (Lipinski definition) is 2.